The fraction of sp³-hybridized carbons (Fsp3) is 0.0909. The Morgan fingerprint density at radius 2 is 2.00 bits per heavy atom. The molecule has 1 aromatic rings. The minimum Gasteiger partial charge on any atom is -0.302 e. The van der Waals surface area contributed by atoms with Crippen LogP contribution >= 0.6 is 0 Å². The predicted octanol–water partition coefficient (Wildman–Crippen LogP) is 1.40. The van der Waals surface area contributed by atoms with Crippen molar-refractivity contribution in [1.29, 1.82) is 0 Å². The van der Waals surface area contributed by atoms with E-state index in [9.17, 15) is 9.59 Å². The van der Waals surface area contributed by atoms with Crippen LogP contribution < -0.4 is 4.90 Å². The lowest BCUT2D eigenvalue weighted by Crippen LogP contribution is -2.31. The molecule has 0 saturated carbocycles. The van der Waals surface area contributed by atoms with Crippen molar-refractivity contribution in [2.24, 2.45) is 0 Å². The van der Waals surface area contributed by atoms with Gasteiger partial charge in [-0.3, -0.25) is 9.59 Å². The van der Waals surface area contributed by atoms with Gasteiger partial charge >= 0.3 is 0 Å². The standard InChI is InChI=1S/C11H11NO2/c1-2-8-12(11(14)9-13)10-6-4-3-5-7-10/h2-7,9H,1,8H2. The Morgan fingerprint density at radius 1 is 1.36 bits per heavy atom. The molecule has 0 saturated heterocycles. The lowest BCUT2D eigenvalue weighted by molar-refractivity contribution is -0.129. The molecular weight excluding hydrogens is 178 g/mol. The molecule has 1 amide bonds. The highest BCUT2D eigenvalue weighted by Gasteiger charge is 2.11. The number of rotatable bonds is 4. The van der Waals surface area contributed by atoms with Gasteiger partial charge in [-0.2, -0.15) is 0 Å². The fourth-order valence-electron chi connectivity index (χ4n) is 1.12. The maximum Gasteiger partial charge on any atom is 0.291 e. The minimum absolute atomic E-state index is 0.302. The van der Waals surface area contributed by atoms with E-state index in [4.69, 9.17) is 0 Å². The number of hydrogen-bond donors (Lipinski definition) is 0. The lowest BCUT2D eigenvalue weighted by atomic mass is 10.3. The average molecular weight is 189 g/mol. The van der Waals surface area contributed by atoms with Gasteiger partial charge in [0.2, 0.25) is 6.29 Å². The van der Waals surface area contributed by atoms with Crippen molar-refractivity contribution < 1.29 is 9.59 Å². The summed E-state index contributed by atoms with van der Waals surface area (Å²) in [4.78, 5) is 22.9. The molecule has 0 aromatic heterocycles. The van der Waals surface area contributed by atoms with Gasteiger partial charge < -0.3 is 4.90 Å². The van der Waals surface area contributed by atoms with Crippen molar-refractivity contribution in [2.75, 3.05) is 11.4 Å². The van der Waals surface area contributed by atoms with E-state index < -0.39 is 5.91 Å². The first kappa shape index (κ1) is 10.2. The van der Waals surface area contributed by atoms with Gasteiger partial charge in [0.15, 0.2) is 0 Å². The van der Waals surface area contributed by atoms with E-state index >= 15 is 0 Å². The molecule has 0 aliphatic heterocycles. The van der Waals surface area contributed by atoms with E-state index in [1.165, 1.54) is 4.90 Å². The molecule has 1 rings (SSSR count). The van der Waals surface area contributed by atoms with Crippen LogP contribution in [0.3, 0.4) is 0 Å². The third-order valence-corrected chi connectivity index (χ3v) is 1.75. The van der Waals surface area contributed by atoms with Crippen LogP contribution in [-0.4, -0.2) is 18.7 Å². The van der Waals surface area contributed by atoms with Gasteiger partial charge in [0.25, 0.3) is 5.91 Å². The largest absolute Gasteiger partial charge is 0.302 e. The molecule has 0 aliphatic carbocycles. The SMILES string of the molecule is C=CCN(C(=O)C=O)c1ccccc1. The zero-order chi connectivity index (χ0) is 10.4. The molecule has 0 heterocycles. The van der Waals surface area contributed by atoms with Gasteiger partial charge in [0, 0.05) is 12.2 Å². The summed E-state index contributed by atoms with van der Waals surface area (Å²) in [5, 5.41) is 0. The quantitative estimate of drug-likeness (QED) is 0.408. The Bertz CT molecular complexity index is 332. The molecule has 1 aromatic carbocycles. The number of amides is 1. The molecule has 0 bridgehead atoms. The van der Waals surface area contributed by atoms with Crippen molar-refractivity contribution in [2.45, 2.75) is 0 Å². The van der Waals surface area contributed by atoms with Crippen LogP contribution in [0.15, 0.2) is 43.0 Å². The number of benzene rings is 1. The van der Waals surface area contributed by atoms with E-state index in [2.05, 4.69) is 6.58 Å². The predicted molar refractivity (Wildman–Crippen MR) is 55.1 cm³/mol. The van der Waals surface area contributed by atoms with Crippen LogP contribution in [0, 0.1) is 0 Å². The monoisotopic (exact) mass is 189 g/mol. The number of aldehydes is 1. The second-order valence-corrected chi connectivity index (χ2v) is 2.69. The molecule has 0 N–H and O–H groups in total. The molecule has 72 valence electrons. The molecule has 0 aliphatic rings. The van der Waals surface area contributed by atoms with Crippen LogP contribution in [0.4, 0.5) is 5.69 Å². The first-order chi connectivity index (χ1) is 6.79. The first-order valence-electron chi connectivity index (χ1n) is 4.22. The molecule has 0 fully saturated rings. The first-order valence-corrected chi connectivity index (χ1v) is 4.22. The van der Waals surface area contributed by atoms with Gasteiger partial charge in [-0.25, -0.2) is 0 Å². The molecule has 3 heteroatoms. The summed E-state index contributed by atoms with van der Waals surface area (Å²) in [6, 6.07) is 9.00. The molecule has 3 nitrogen and oxygen atoms in total. The van der Waals surface area contributed by atoms with Gasteiger partial charge in [-0.15, -0.1) is 6.58 Å². The van der Waals surface area contributed by atoms with Crippen LogP contribution in [0.1, 0.15) is 0 Å². The Morgan fingerprint density at radius 3 is 2.50 bits per heavy atom. The second-order valence-electron chi connectivity index (χ2n) is 2.69. The molecule has 14 heavy (non-hydrogen) atoms. The number of carbonyl (C=O) groups is 2. The lowest BCUT2D eigenvalue weighted by Gasteiger charge is -2.17. The van der Waals surface area contributed by atoms with Crippen molar-refractivity contribution in [3.8, 4) is 0 Å². The van der Waals surface area contributed by atoms with E-state index in [-0.39, 0.29) is 0 Å². The van der Waals surface area contributed by atoms with Gasteiger partial charge in [0.1, 0.15) is 0 Å². The second kappa shape index (κ2) is 4.97. The van der Waals surface area contributed by atoms with Gasteiger partial charge in [-0.05, 0) is 12.1 Å². The Balaban J connectivity index is 2.93. The maximum atomic E-state index is 11.2. The van der Waals surface area contributed by atoms with Crippen LogP contribution in [0.5, 0.6) is 0 Å². The Kier molecular flexibility index (Phi) is 3.61. The van der Waals surface area contributed by atoms with Crippen molar-refractivity contribution in [3.05, 3.63) is 43.0 Å². The normalized spacial score (nSPS) is 9.14. The summed E-state index contributed by atoms with van der Waals surface area (Å²) < 4.78 is 0. The van der Waals surface area contributed by atoms with E-state index in [0.29, 0.717) is 18.5 Å². The van der Waals surface area contributed by atoms with Crippen LogP contribution in [0.25, 0.3) is 0 Å². The zero-order valence-corrected chi connectivity index (χ0v) is 7.72. The molecule has 0 spiro atoms. The third kappa shape index (κ3) is 2.29. The van der Waals surface area contributed by atoms with Crippen LogP contribution in [-0.2, 0) is 9.59 Å². The fourth-order valence-corrected chi connectivity index (χ4v) is 1.12. The smallest absolute Gasteiger partial charge is 0.291 e. The number of nitrogens with zero attached hydrogens (tertiary/aromatic N) is 1. The molecule has 0 radical (unpaired) electrons. The Labute approximate surface area is 82.6 Å². The summed E-state index contributed by atoms with van der Waals surface area (Å²) >= 11 is 0. The summed E-state index contributed by atoms with van der Waals surface area (Å²) in [6.45, 7) is 3.87. The van der Waals surface area contributed by atoms with E-state index in [1.807, 2.05) is 18.2 Å². The molecule has 0 atom stereocenters. The van der Waals surface area contributed by atoms with Crippen LogP contribution in [0.2, 0.25) is 0 Å². The van der Waals surface area contributed by atoms with E-state index in [0.717, 1.165) is 0 Å². The molecular formula is C11H11NO2. The minimum atomic E-state index is -0.559. The van der Waals surface area contributed by atoms with Gasteiger partial charge in [-0.1, -0.05) is 24.3 Å². The summed E-state index contributed by atoms with van der Waals surface area (Å²) in [5.41, 5.74) is 0.699. The number of hydrogen-bond acceptors (Lipinski definition) is 2. The van der Waals surface area contributed by atoms with Crippen molar-refractivity contribution >= 4 is 17.9 Å². The summed E-state index contributed by atoms with van der Waals surface area (Å²) in [6.07, 6.45) is 1.88. The number of carbonyl (C=O) groups excluding carboxylic acids is 2. The Hall–Kier alpha value is -1.90. The third-order valence-electron chi connectivity index (χ3n) is 1.75. The zero-order valence-electron chi connectivity index (χ0n) is 7.72. The highest BCUT2D eigenvalue weighted by Crippen LogP contribution is 2.12. The van der Waals surface area contributed by atoms with Crippen molar-refractivity contribution in [1.82, 2.24) is 0 Å². The summed E-state index contributed by atoms with van der Waals surface area (Å²) in [7, 11) is 0. The highest BCUT2D eigenvalue weighted by atomic mass is 16.2. The summed E-state index contributed by atoms with van der Waals surface area (Å²) in [5.74, 6) is -0.559. The average Bonchev–Trinajstić information content (AvgIpc) is 2.26. The van der Waals surface area contributed by atoms with Crippen molar-refractivity contribution in [3.63, 3.8) is 0 Å². The van der Waals surface area contributed by atoms with E-state index in [1.54, 1.807) is 18.2 Å². The topological polar surface area (TPSA) is 37.4 Å². The number of anilines is 1. The molecule has 0 unspecified atom stereocenters. The highest BCUT2D eigenvalue weighted by molar-refractivity contribution is 6.30. The number of para-hydroxylation sites is 1. The maximum absolute atomic E-state index is 11.2. The van der Waals surface area contributed by atoms with Gasteiger partial charge in [0.05, 0.1) is 0 Å².